The minimum atomic E-state index is -0.711. The molecule has 0 aromatic heterocycles. The summed E-state index contributed by atoms with van der Waals surface area (Å²) in [5.74, 6) is 0.302. The molecule has 1 atom stereocenters. The predicted octanol–water partition coefficient (Wildman–Crippen LogP) is 4.05. The van der Waals surface area contributed by atoms with Gasteiger partial charge in [-0.2, -0.15) is 0 Å². The fourth-order valence-corrected chi connectivity index (χ4v) is 2.51. The first-order chi connectivity index (χ1) is 10.1. The van der Waals surface area contributed by atoms with E-state index >= 15 is 0 Å². The molecule has 0 amide bonds. The third kappa shape index (κ3) is 3.00. The van der Waals surface area contributed by atoms with Crippen molar-refractivity contribution in [3.63, 3.8) is 0 Å². The van der Waals surface area contributed by atoms with Crippen molar-refractivity contribution in [3.05, 3.63) is 53.8 Å². The molecule has 0 spiro atoms. The van der Waals surface area contributed by atoms with Crippen LogP contribution in [0.4, 0.5) is 15.8 Å². The van der Waals surface area contributed by atoms with E-state index in [1.54, 1.807) is 38.3 Å². The average Bonchev–Trinajstić information content (AvgIpc) is 2.49. The Bertz CT molecular complexity index is 613. The second-order valence-corrected chi connectivity index (χ2v) is 4.76. The van der Waals surface area contributed by atoms with Crippen molar-refractivity contribution in [2.45, 2.75) is 20.0 Å². The van der Waals surface area contributed by atoms with Gasteiger partial charge < -0.3 is 14.7 Å². The molecular weight excluding hydrogens is 269 g/mol. The van der Waals surface area contributed by atoms with E-state index in [1.165, 1.54) is 6.07 Å². The Hall–Kier alpha value is -2.07. The summed E-state index contributed by atoms with van der Waals surface area (Å²) < 4.78 is 19.4. The molecule has 0 fully saturated rings. The fraction of sp³-hybridized carbons (Fsp3) is 0.294. The van der Waals surface area contributed by atoms with Gasteiger partial charge in [-0.1, -0.05) is 18.2 Å². The Balaban J connectivity index is 2.61. The fourth-order valence-electron chi connectivity index (χ4n) is 2.51. The third-order valence-electron chi connectivity index (χ3n) is 3.43. The number of nitrogens with zero attached hydrogens (tertiary/aromatic N) is 1. The summed E-state index contributed by atoms with van der Waals surface area (Å²) in [5, 5.41) is 10.1. The number of anilines is 2. The number of ether oxygens (including phenoxy) is 1. The Kier molecular flexibility index (Phi) is 4.81. The molecule has 0 aliphatic rings. The Labute approximate surface area is 124 Å². The molecule has 2 aromatic rings. The lowest BCUT2D eigenvalue weighted by Gasteiger charge is -2.28. The van der Waals surface area contributed by atoms with Crippen LogP contribution in [0.3, 0.4) is 0 Å². The highest BCUT2D eigenvalue weighted by Crippen LogP contribution is 2.38. The summed E-state index contributed by atoms with van der Waals surface area (Å²) in [6.07, 6.45) is -0.711. The highest BCUT2D eigenvalue weighted by molar-refractivity contribution is 5.70. The van der Waals surface area contributed by atoms with Crippen LogP contribution < -0.4 is 9.64 Å². The van der Waals surface area contributed by atoms with E-state index in [0.717, 1.165) is 5.69 Å². The predicted molar refractivity (Wildman–Crippen MR) is 82.7 cm³/mol. The standard InChI is InChI=1S/C17H20FNO2/c1-4-19(14-9-6-5-8-13(14)18)15-10-7-11-16(21-3)17(15)12(2)20/h5-12,20H,4H2,1-3H3. The molecule has 0 saturated heterocycles. The lowest BCUT2D eigenvalue weighted by atomic mass is 10.0. The third-order valence-corrected chi connectivity index (χ3v) is 3.43. The number of aliphatic hydroxyl groups excluding tert-OH is 1. The normalized spacial score (nSPS) is 12.0. The van der Waals surface area contributed by atoms with E-state index in [9.17, 15) is 9.50 Å². The van der Waals surface area contributed by atoms with Gasteiger partial charge in [0.05, 0.1) is 24.6 Å². The zero-order valence-corrected chi connectivity index (χ0v) is 12.5. The number of hydrogen-bond acceptors (Lipinski definition) is 3. The number of para-hydroxylation sites is 1. The molecule has 1 unspecified atom stereocenters. The molecule has 0 radical (unpaired) electrons. The van der Waals surface area contributed by atoms with Crippen LogP contribution in [0.5, 0.6) is 5.75 Å². The lowest BCUT2D eigenvalue weighted by Crippen LogP contribution is -2.20. The smallest absolute Gasteiger partial charge is 0.146 e. The molecule has 0 bridgehead atoms. The van der Waals surface area contributed by atoms with Gasteiger partial charge in [0.15, 0.2) is 0 Å². The molecule has 21 heavy (non-hydrogen) atoms. The highest BCUT2D eigenvalue weighted by atomic mass is 19.1. The van der Waals surface area contributed by atoms with E-state index < -0.39 is 6.10 Å². The van der Waals surface area contributed by atoms with Crippen molar-refractivity contribution in [2.24, 2.45) is 0 Å². The van der Waals surface area contributed by atoms with Crippen LogP contribution in [0.25, 0.3) is 0 Å². The minimum absolute atomic E-state index is 0.293. The Morgan fingerprint density at radius 2 is 1.81 bits per heavy atom. The van der Waals surface area contributed by atoms with E-state index in [4.69, 9.17) is 4.74 Å². The second-order valence-electron chi connectivity index (χ2n) is 4.76. The van der Waals surface area contributed by atoms with E-state index in [1.807, 2.05) is 24.0 Å². The van der Waals surface area contributed by atoms with Crippen molar-refractivity contribution in [1.29, 1.82) is 0 Å². The maximum atomic E-state index is 14.1. The SMILES string of the molecule is CCN(c1ccccc1F)c1cccc(OC)c1C(C)O. The van der Waals surface area contributed by atoms with Gasteiger partial charge in [0.1, 0.15) is 11.6 Å². The number of aliphatic hydroxyl groups is 1. The number of halogens is 1. The van der Waals surface area contributed by atoms with Crippen LogP contribution >= 0.6 is 0 Å². The zero-order valence-electron chi connectivity index (χ0n) is 12.5. The minimum Gasteiger partial charge on any atom is -0.496 e. The first-order valence-electron chi connectivity index (χ1n) is 6.97. The van der Waals surface area contributed by atoms with E-state index in [-0.39, 0.29) is 5.82 Å². The van der Waals surface area contributed by atoms with Gasteiger partial charge in [-0.15, -0.1) is 0 Å². The summed E-state index contributed by atoms with van der Waals surface area (Å²) in [6.45, 7) is 4.20. The number of methoxy groups -OCH3 is 1. The monoisotopic (exact) mass is 289 g/mol. The molecule has 0 heterocycles. The van der Waals surface area contributed by atoms with Crippen molar-refractivity contribution >= 4 is 11.4 Å². The molecule has 0 saturated carbocycles. The summed E-state index contributed by atoms with van der Waals surface area (Å²) in [4.78, 5) is 1.83. The van der Waals surface area contributed by atoms with Crippen molar-refractivity contribution in [3.8, 4) is 5.75 Å². The molecule has 0 aliphatic carbocycles. The molecule has 4 heteroatoms. The quantitative estimate of drug-likeness (QED) is 0.901. The first kappa shape index (κ1) is 15.3. The highest BCUT2D eigenvalue weighted by Gasteiger charge is 2.20. The maximum Gasteiger partial charge on any atom is 0.146 e. The summed E-state index contributed by atoms with van der Waals surface area (Å²) in [5.41, 5.74) is 1.89. The van der Waals surface area contributed by atoms with Crippen molar-refractivity contribution < 1.29 is 14.2 Å². The number of hydrogen-bond donors (Lipinski definition) is 1. The Morgan fingerprint density at radius 1 is 1.14 bits per heavy atom. The summed E-state index contributed by atoms with van der Waals surface area (Å²) >= 11 is 0. The van der Waals surface area contributed by atoms with Crippen LogP contribution in [0.15, 0.2) is 42.5 Å². The molecular formula is C17H20FNO2. The second kappa shape index (κ2) is 6.59. The van der Waals surface area contributed by atoms with Gasteiger partial charge in [0.25, 0.3) is 0 Å². The summed E-state index contributed by atoms with van der Waals surface area (Å²) in [6, 6.07) is 12.1. The van der Waals surface area contributed by atoms with Crippen LogP contribution in [0.1, 0.15) is 25.5 Å². The van der Waals surface area contributed by atoms with Gasteiger partial charge in [-0.05, 0) is 38.1 Å². The largest absolute Gasteiger partial charge is 0.496 e. The first-order valence-corrected chi connectivity index (χ1v) is 6.97. The number of rotatable bonds is 5. The molecule has 2 aromatic carbocycles. The maximum absolute atomic E-state index is 14.1. The van der Waals surface area contributed by atoms with E-state index in [0.29, 0.717) is 23.5 Å². The van der Waals surface area contributed by atoms with Gasteiger partial charge in [-0.25, -0.2) is 4.39 Å². The van der Waals surface area contributed by atoms with Crippen molar-refractivity contribution in [1.82, 2.24) is 0 Å². The van der Waals surface area contributed by atoms with Crippen LogP contribution in [0, 0.1) is 5.82 Å². The molecule has 1 N–H and O–H groups in total. The van der Waals surface area contributed by atoms with Crippen LogP contribution in [-0.2, 0) is 0 Å². The van der Waals surface area contributed by atoms with Gasteiger partial charge in [0.2, 0.25) is 0 Å². The van der Waals surface area contributed by atoms with Gasteiger partial charge in [0, 0.05) is 12.1 Å². The Morgan fingerprint density at radius 3 is 2.38 bits per heavy atom. The lowest BCUT2D eigenvalue weighted by molar-refractivity contribution is 0.195. The van der Waals surface area contributed by atoms with Crippen LogP contribution in [-0.4, -0.2) is 18.8 Å². The number of benzene rings is 2. The summed E-state index contributed by atoms with van der Waals surface area (Å²) in [7, 11) is 1.56. The average molecular weight is 289 g/mol. The zero-order chi connectivity index (χ0) is 15.4. The van der Waals surface area contributed by atoms with E-state index in [2.05, 4.69) is 0 Å². The molecule has 3 nitrogen and oxygen atoms in total. The molecule has 2 rings (SSSR count). The molecule has 0 aliphatic heterocycles. The van der Waals surface area contributed by atoms with Crippen LogP contribution in [0.2, 0.25) is 0 Å². The molecule has 112 valence electrons. The van der Waals surface area contributed by atoms with Crippen molar-refractivity contribution in [2.75, 3.05) is 18.6 Å². The topological polar surface area (TPSA) is 32.7 Å². The van der Waals surface area contributed by atoms with Gasteiger partial charge >= 0.3 is 0 Å². The van der Waals surface area contributed by atoms with Gasteiger partial charge in [-0.3, -0.25) is 0 Å².